The summed E-state index contributed by atoms with van der Waals surface area (Å²) in [6, 6.07) is 9.48. The second kappa shape index (κ2) is 6.78. The summed E-state index contributed by atoms with van der Waals surface area (Å²) in [6.07, 6.45) is 3.86. The zero-order valence-corrected chi connectivity index (χ0v) is 13.9. The summed E-state index contributed by atoms with van der Waals surface area (Å²) in [7, 11) is 0. The number of hydrogen-bond acceptors (Lipinski definition) is 6. The van der Waals surface area contributed by atoms with Crippen molar-refractivity contribution in [1.29, 1.82) is 0 Å². The third-order valence-corrected chi connectivity index (χ3v) is 5.11. The fourth-order valence-electron chi connectivity index (χ4n) is 3.84. The van der Waals surface area contributed by atoms with Crippen LogP contribution in [0.25, 0.3) is 0 Å². The Balaban J connectivity index is 1.46. The molecule has 2 heterocycles. The molecule has 6 nitrogen and oxygen atoms in total. The predicted octanol–water partition coefficient (Wildman–Crippen LogP) is 1.68. The molecule has 3 aliphatic rings. The van der Waals surface area contributed by atoms with Gasteiger partial charge in [-0.15, -0.1) is 0 Å². The average Bonchev–Trinajstić information content (AvgIpc) is 3.28. The molecule has 2 aliphatic heterocycles. The monoisotopic (exact) mass is 346 g/mol. The Morgan fingerprint density at radius 3 is 2.76 bits per heavy atom. The van der Waals surface area contributed by atoms with Gasteiger partial charge < -0.3 is 24.1 Å². The second-order valence-corrected chi connectivity index (χ2v) is 6.75. The molecule has 1 saturated carbocycles. The quantitative estimate of drug-likeness (QED) is 0.646. The number of aliphatic hydroxyl groups is 1. The number of carbonyl (C=O) groups is 1. The zero-order chi connectivity index (χ0) is 17.3. The number of fused-ring (bicyclic) bond motifs is 1. The maximum absolute atomic E-state index is 11.5. The van der Waals surface area contributed by atoms with Crippen molar-refractivity contribution in [2.75, 3.05) is 19.8 Å². The molecule has 3 fully saturated rings. The Morgan fingerprint density at radius 2 is 2.00 bits per heavy atom. The van der Waals surface area contributed by atoms with Crippen molar-refractivity contribution in [3.63, 3.8) is 0 Å². The van der Waals surface area contributed by atoms with Crippen LogP contribution in [0.4, 0.5) is 0 Å². The van der Waals surface area contributed by atoms with Crippen molar-refractivity contribution in [3.8, 4) is 5.75 Å². The molecule has 4 rings (SSSR count). The molecule has 1 aromatic rings. The zero-order valence-electron chi connectivity index (χ0n) is 13.9. The first-order valence-corrected chi connectivity index (χ1v) is 8.68. The van der Waals surface area contributed by atoms with Crippen LogP contribution in [-0.2, 0) is 19.0 Å². The van der Waals surface area contributed by atoms with Crippen molar-refractivity contribution >= 4 is 5.97 Å². The number of benzene rings is 1. The van der Waals surface area contributed by atoms with E-state index in [1.165, 1.54) is 0 Å². The fraction of sp³-hybridized carbons (Fsp3) is 0.526. The van der Waals surface area contributed by atoms with Gasteiger partial charge in [-0.25, -0.2) is 0 Å². The van der Waals surface area contributed by atoms with E-state index in [2.05, 4.69) is 0 Å². The Kier molecular flexibility index (Phi) is 4.50. The molecule has 134 valence electrons. The van der Waals surface area contributed by atoms with Crippen LogP contribution < -0.4 is 4.74 Å². The molecule has 1 aromatic carbocycles. The summed E-state index contributed by atoms with van der Waals surface area (Å²) in [6.45, 7) is 1.20. The predicted molar refractivity (Wildman–Crippen MR) is 87.8 cm³/mol. The van der Waals surface area contributed by atoms with Gasteiger partial charge in [0.2, 0.25) is 5.79 Å². The van der Waals surface area contributed by atoms with Crippen molar-refractivity contribution in [2.45, 2.75) is 30.8 Å². The highest BCUT2D eigenvalue weighted by atomic mass is 16.8. The molecule has 0 unspecified atom stereocenters. The summed E-state index contributed by atoms with van der Waals surface area (Å²) >= 11 is 0. The molecule has 0 aromatic heterocycles. The summed E-state index contributed by atoms with van der Waals surface area (Å²) in [5.41, 5.74) is 0. The van der Waals surface area contributed by atoms with Crippen LogP contribution in [-0.4, -0.2) is 48.9 Å². The van der Waals surface area contributed by atoms with Gasteiger partial charge in [-0.1, -0.05) is 24.3 Å². The molecule has 0 amide bonds. The molecule has 0 spiro atoms. The van der Waals surface area contributed by atoms with E-state index in [1.807, 2.05) is 42.5 Å². The number of para-hydroxylation sites is 1. The van der Waals surface area contributed by atoms with Gasteiger partial charge in [-0.2, -0.15) is 0 Å². The highest BCUT2D eigenvalue weighted by molar-refractivity contribution is 5.72. The first kappa shape index (κ1) is 16.6. The Morgan fingerprint density at radius 1 is 1.24 bits per heavy atom. The van der Waals surface area contributed by atoms with Gasteiger partial charge in [0.15, 0.2) is 0 Å². The smallest absolute Gasteiger partial charge is 0.306 e. The van der Waals surface area contributed by atoms with Gasteiger partial charge in [-0.05, 0) is 18.2 Å². The maximum Gasteiger partial charge on any atom is 0.306 e. The Bertz CT molecular complexity index is 637. The van der Waals surface area contributed by atoms with Crippen molar-refractivity contribution in [2.24, 2.45) is 11.8 Å². The van der Waals surface area contributed by atoms with Crippen molar-refractivity contribution in [1.82, 2.24) is 0 Å². The lowest BCUT2D eigenvalue weighted by Gasteiger charge is -2.25. The first-order valence-electron chi connectivity index (χ1n) is 8.68. The average molecular weight is 346 g/mol. The van der Waals surface area contributed by atoms with Gasteiger partial charge in [0.1, 0.15) is 18.5 Å². The minimum absolute atomic E-state index is 0.0206. The molecule has 2 saturated heterocycles. The summed E-state index contributed by atoms with van der Waals surface area (Å²) in [5, 5.41) is 10.3. The molecule has 0 bridgehead atoms. The highest BCUT2D eigenvalue weighted by Crippen LogP contribution is 2.42. The second-order valence-electron chi connectivity index (χ2n) is 6.75. The van der Waals surface area contributed by atoms with Crippen LogP contribution in [0.2, 0.25) is 0 Å². The minimum Gasteiger partial charge on any atom is -0.488 e. The van der Waals surface area contributed by atoms with Gasteiger partial charge in [0, 0.05) is 18.3 Å². The molecular weight excluding hydrogens is 324 g/mol. The SMILES string of the molecule is O=C1C[C@@H]2[C@@H](/C=C/C3(COc4ccccc4)OCCO3)[C@H](O)C[C@@H]2O1. The topological polar surface area (TPSA) is 74.2 Å². The lowest BCUT2D eigenvalue weighted by atomic mass is 9.91. The van der Waals surface area contributed by atoms with E-state index in [-0.39, 0.29) is 30.5 Å². The number of aliphatic hydroxyl groups excluding tert-OH is 1. The van der Waals surface area contributed by atoms with E-state index in [9.17, 15) is 9.90 Å². The largest absolute Gasteiger partial charge is 0.488 e. The molecule has 1 N–H and O–H groups in total. The number of carbonyl (C=O) groups excluding carboxylic acids is 1. The van der Waals surface area contributed by atoms with E-state index in [0.29, 0.717) is 26.1 Å². The number of rotatable bonds is 5. The minimum atomic E-state index is -0.961. The van der Waals surface area contributed by atoms with E-state index < -0.39 is 11.9 Å². The van der Waals surface area contributed by atoms with Crippen molar-refractivity contribution < 1.29 is 28.8 Å². The molecule has 1 aliphatic carbocycles. The Hall–Kier alpha value is -1.89. The van der Waals surface area contributed by atoms with E-state index in [0.717, 1.165) is 5.75 Å². The molecule has 4 atom stereocenters. The third-order valence-electron chi connectivity index (χ3n) is 5.11. The lowest BCUT2D eigenvalue weighted by Crippen LogP contribution is -2.35. The van der Waals surface area contributed by atoms with Gasteiger partial charge in [0.25, 0.3) is 0 Å². The standard InChI is InChI=1S/C19H22O6/c20-16-11-17-15(10-18(21)25-17)14(16)6-7-19(23-8-9-24-19)12-22-13-4-2-1-3-5-13/h1-7,14-17,20H,8-12H2/b7-6+/t14-,15-,16-,17+/m1/s1. The van der Waals surface area contributed by atoms with Crippen LogP contribution in [0.1, 0.15) is 12.8 Å². The van der Waals surface area contributed by atoms with Crippen LogP contribution in [0, 0.1) is 11.8 Å². The van der Waals surface area contributed by atoms with Gasteiger partial charge in [-0.3, -0.25) is 4.79 Å². The van der Waals surface area contributed by atoms with E-state index >= 15 is 0 Å². The summed E-state index contributed by atoms with van der Waals surface area (Å²) < 4.78 is 22.6. The normalized spacial score (nSPS) is 33.6. The van der Waals surface area contributed by atoms with Gasteiger partial charge in [0.05, 0.1) is 25.7 Å². The maximum atomic E-state index is 11.5. The van der Waals surface area contributed by atoms with E-state index in [4.69, 9.17) is 18.9 Å². The van der Waals surface area contributed by atoms with Crippen LogP contribution in [0.5, 0.6) is 5.75 Å². The fourth-order valence-corrected chi connectivity index (χ4v) is 3.84. The van der Waals surface area contributed by atoms with Gasteiger partial charge >= 0.3 is 5.97 Å². The van der Waals surface area contributed by atoms with Crippen LogP contribution in [0.3, 0.4) is 0 Å². The third kappa shape index (κ3) is 3.42. The van der Waals surface area contributed by atoms with E-state index in [1.54, 1.807) is 0 Å². The summed E-state index contributed by atoms with van der Waals surface area (Å²) in [4.78, 5) is 11.5. The number of hydrogen-bond donors (Lipinski definition) is 1. The van der Waals surface area contributed by atoms with Crippen LogP contribution >= 0.6 is 0 Å². The molecule has 25 heavy (non-hydrogen) atoms. The highest BCUT2D eigenvalue weighted by Gasteiger charge is 2.49. The van der Waals surface area contributed by atoms with Crippen LogP contribution in [0.15, 0.2) is 42.5 Å². The first-order chi connectivity index (χ1) is 12.2. The number of ether oxygens (including phenoxy) is 4. The van der Waals surface area contributed by atoms with Crippen molar-refractivity contribution in [3.05, 3.63) is 42.5 Å². The molecule has 6 heteroatoms. The number of esters is 1. The molecular formula is C19H22O6. The lowest BCUT2D eigenvalue weighted by molar-refractivity contribution is -0.141. The summed E-state index contributed by atoms with van der Waals surface area (Å²) in [5.74, 6) is -0.525. The Labute approximate surface area is 146 Å². The molecule has 0 radical (unpaired) electrons.